The maximum Gasteiger partial charge on any atom is 0.329 e. The van der Waals surface area contributed by atoms with Crippen LogP contribution in [0.2, 0.25) is 5.02 Å². The van der Waals surface area contributed by atoms with E-state index in [-0.39, 0.29) is 10.6 Å². The molecule has 8 heteroatoms. The molecular formula is C17H19ClN2O5. The van der Waals surface area contributed by atoms with E-state index >= 15 is 0 Å². The van der Waals surface area contributed by atoms with Crippen molar-refractivity contribution in [2.24, 2.45) is 0 Å². The fraction of sp³-hybridized carbons (Fsp3) is 0.471. The van der Waals surface area contributed by atoms with Crippen LogP contribution in [-0.2, 0) is 20.0 Å². The van der Waals surface area contributed by atoms with E-state index in [1.165, 1.54) is 6.07 Å². The number of nitrogens with one attached hydrogen (secondary N) is 2. The number of anilines is 1. The molecule has 1 atom stereocenters. The minimum Gasteiger partial charge on any atom is -0.480 e. The van der Waals surface area contributed by atoms with Gasteiger partial charge in [-0.3, -0.25) is 9.59 Å². The van der Waals surface area contributed by atoms with E-state index in [1.54, 1.807) is 12.1 Å². The van der Waals surface area contributed by atoms with Gasteiger partial charge in [0.05, 0.1) is 6.42 Å². The monoisotopic (exact) mass is 366 g/mol. The van der Waals surface area contributed by atoms with Gasteiger partial charge in [-0.05, 0) is 25.0 Å². The van der Waals surface area contributed by atoms with Gasteiger partial charge in [-0.25, -0.2) is 4.79 Å². The maximum absolute atomic E-state index is 12.5. The van der Waals surface area contributed by atoms with Crippen molar-refractivity contribution in [1.29, 1.82) is 0 Å². The van der Waals surface area contributed by atoms with Gasteiger partial charge in [-0.15, -0.1) is 0 Å². The van der Waals surface area contributed by atoms with Crippen molar-refractivity contribution >= 4 is 35.1 Å². The molecule has 1 aliphatic heterocycles. The Hall–Kier alpha value is -2.12. The number of carboxylic acid groups (broad SMARTS) is 1. The predicted octanol–water partition coefficient (Wildman–Crippen LogP) is 1.77. The lowest BCUT2D eigenvalue weighted by Gasteiger charge is -2.34. The molecule has 1 heterocycles. The SMILES string of the molecule is O=C(CC1(O)C(=O)Nc2cccc(Cl)c21)NC1(C(=O)O)CCCCC1. The molecule has 25 heavy (non-hydrogen) atoms. The van der Waals surface area contributed by atoms with Gasteiger partial charge >= 0.3 is 5.97 Å². The van der Waals surface area contributed by atoms with Crippen molar-refractivity contribution in [2.45, 2.75) is 49.7 Å². The summed E-state index contributed by atoms with van der Waals surface area (Å²) in [6.07, 6.45) is 2.38. The maximum atomic E-state index is 12.5. The first-order valence-corrected chi connectivity index (χ1v) is 8.53. The van der Waals surface area contributed by atoms with Crippen LogP contribution < -0.4 is 10.6 Å². The van der Waals surface area contributed by atoms with Crippen LogP contribution >= 0.6 is 11.6 Å². The third-order valence-electron chi connectivity index (χ3n) is 4.96. The van der Waals surface area contributed by atoms with E-state index in [4.69, 9.17) is 11.6 Å². The lowest BCUT2D eigenvalue weighted by Crippen LogP contribution is -2.56. The molecule has 0 radical (unpaired) electrons. The Kier molecular flexibility index (Phi) is 4.47. The molecule has 1 aliphatic carbocycles. The molecule has 3 rings (SSSR count). The zero-order valence-electron chi connectivity index (χ0n) is 13.5. The number of hydrogen-bond donors (Lipinski definition) is 4. The largest absolute Gasteiger partial charge is 0.480 e. The Morgan fingerprint density at radius 2 is 1.92 bits per heavy atom. The van der Waals surface area contributed by atoms with E-state index in [2.05, 4.69) is 10.6 Å². The highest BCUT2D eigenvalue weighted by molar-refractivity contribution is 6.33. The molecule has 7 nitrogen and oxygen atoms in total. The summed E-state index contributed by atoms with van der Waals surface area (Å²) in [5, 5.41) is 25.5. The summed E-state index contributed by atoms with van der Waals surface area (Å²) in [4.78, 5) is 36.4. The summed E-state index contributed by atoms with van der Waals surface area (Å²) in [6, 6.07) is 4.72. The Morgan fingerprint density at radius 3 is 2.56 bits per heavy atom. The van der Waals surface area contributed by atoms with Crippen molar-refractivity contribution in [3.8, 4) is 0 Å². The standard InChI is InChI=1S/C17H19ClN2O5/c18-10-5-4-6-11-13(10)17(25,14(22)19-11)9-12(21)20-16(15(23)24)7-2-1-3-8-16/h4-6,25H,1-3,7-9H2,(H,19,22)(H,20,21)(H,23,24). The van der Waals surface area contributed by atoms with E-state index in [0.717, 1.165) is 6.42 Å². The van der Waals surface area contributed by atoms with E-state index in [0.29, 0.717) is 31.4 Å². The molecule has 0 bridgehead atoms. The van der Waals surface area contributed by atoms with Gasteiger partial charge < -0.3 is 20.8 Å². The van der Waals surface area contributed by atoms with Gasteiger partial charge in [0, 0.05) is 16.3 Å². The van der Waals surface area contributed by atoms with Crippen LogP contribution in [0.5, 0.6) is 0 Å². The second-order valence-corrected chi connectivity index (χ2v) is 7.06. The number of carbonyl (C=O) groups is 3. The number of amides is 2. The summed E-state index contributed by atoms with van der Waals surface area (Å²) >= 11 is 6.09. The number of aliphatic hydroxyl groups is 1. The topological polar surface area (TPSA) is 116 Å². The van der Waals surface area contributed by atoms with Gasteiger partial charge in [0.2, 0.25) is 5.91 Å². The van der Waals surface area contributed by atoms with Crippen LogP contribution in [0.4, 0.5) is 5.69 Å². The average Bonchev–Trinajstić information content (AvgIpc) is 2.79. The fourth-order valence-electron chi connectivity index (χ4n) is 3.65. The molecule has 1 aromatic rings. The third-order valence-corrected chi connectivity index (χ3v) is 5.28. The number of carboxylic acids is 1. The normalized spacial score (nSPS) is 24.3. The van der Waals surface area contributed by atoms with E-state index in [9.17, 15) is 24.6 Å². The number of hydrogen-bond acceptors (Lipinski definition) is 4. The quantitative estimate of drug-likeness (QED) is 0.648. The van der Waals surface area contributed by atoms with Crippen LogP contribution in [0.3, 0.4) is 0 Å². The molecule has 134 valence electrons. The van der Waals surface area contributed by atoms with Crippen molar-refractivity contribution in [3.63, 3.8) is 0 Å². The average molecular weight is 367 g/mol. The second kappa shape index (κ2) is 6.31. The number of carbonyl (C=O) groups excluding carboxylic acids is 2. The molecule has 0 aromatic heterocycles. The minimum absolute atomic E-state index is 0.143. The molecular weight excluding hydrogens is 348 g/mol. The Bertz CT molecular complexity index is 745. The first kappa shape index (κ1) is 17.7. The molecule has 4 N–H and O–H groups in total. The summed E-state index contributed by atoms with van der Waals surface area (Å²) in [7, 11) is 0. The van der Waals surface area contributed by atoms with Crippen LogP contribution in [0.15, 0.2) is 18.2 Å². The highest BCUT2D eigenvalue weighted by Gasteiger charge is 2.50. The van der Waals surface area contributed by atoms with E-state index in [1.807, 2.05) is 0 Å². The Labute approximate surface area is 149 Å². The molecule has 1 fully saturated rings. The molecule has 1 unspecified atom stereocenters. The number of rotatable bonds is 4. The van der Waals surface area contributed by atoms with Crippen molar-refractivity contribution in [1.82, 2.24) is 5.32 Å². The summed E-state index contributed by atoms with van der Waals surface area (Å²) in [5.41, 5.74) is -2.97. The number of halogens is 1. The smallest absolute Gasteiger partial charge is 0.329 e. The highest BCUT2D eigenvalue weighted by atomic mass is 35.5. The number of fused-ring (bicyclic) bond motifs is 1. The van der Waals surface area contributed by atoms with Crippen LogP contribution in [0.1, 0.15) is 44.1 Å². The van der Waals surface area contributed by atoms with Gasteiger partial charge in [-0.1, -0.05) is 36.9 Å². The molecule has 0 saturated heterocycles. The van der Waals surface area contributed by atoms with Gasteiger partial charge in [0.15, 0.2) is 5.60 Å². The van der Waals surface area contributed by atoms with Gasteiger partial charge in [0.25, 0.3) is 5.91 Å². The zero-order chi connectivity index (χ0) is 18.2. The lowest BCUT2D eigenvalue weighted by atomic mass is 9.81. The minimum atomic E-state index is -2.12. The lowest BCUT2D eigenvalue weighted by molar-refractivity contribution is -0.151. The van der Waals surface area contributed by atoms with Gasteiger partial charge in [-0.2, -0.15) is 0 Å². The second-order valence-electron chi connectivity index (χ2n) is 6.65. The van der Waals surface area contributed by atoms with Crippen molar-refractivity contribution < 1.29 is 24.6 Å². The van der Waals surface area contributed by atoms with Crippen molar-refractivity contribution in [2.75, 3.05) is 5.32 Å². The molecule has 1 aromatic carbocycles. The van der Waals surface area contributed by atoms with Crippen LogP contribution in [0, 0.1) is 0 Å². The third kappa shape index (κ3) is 2.98. The molecule has 2 aliphatic rings. The van der Waals surface area contributed by atoms with Crippen LogP contribution in [-0.4, -0.2) is 33.5 Å². The first-order valence-electron chi connectivity index (χ1n) is 8.16. The van der Waals surface area contributed by atoms with Gasteiger partial charge in [0.1, 0.15) is 5.54 Å². The summed E-state index contributed by atoms with van der Waals surface area (Å²) < 4.78 is 0. The Morgan fingerprint density at radius 1 is 1.24 bits per heavy atom. The van der Waals surface area contributed by atoms with Crippen LogP contribution in [0.25, 0.3) is 0 Å². The zero-order valence-corrected chi connectivity index (χ0v) is 14.2. The highest BCUT2D eigenvalue weighted by Crippen LogP contribution is 2.42. The van der Waals surface area contributed by atoms with E-state index < -0.39 is 35.3 Å². The summed E-state index contributed by atoms with van der Waals surface area (Å²) in [5.74, 6) is -2.55. The first-order chi connectivity index (χ1) is 11.8. The fourth-order valence-corrected chi connectivity index (χ4v) is 3.98. The summed E-state index contributed by atoms with van der Waals surface area (Å²) in [6.45, 7) is 0. The molecule has 0 spiro atoms. The number of aliphatic carboxylic acids is 1. The van der Waals surface area contributed by atoms with Crippen molar-refractivity contribution in [3.05, 3.63) is 28.8 Å². The predicted molar refractivity (Wildman–Crippen MR) is 90.2 cm³/mol. The molecule has 2 amide bonds. The Balaban J connectivity index is 1.83. The number of benzene rings is 1. The molecule has 1 saturated carbocycles.